The maximum atomic E-state index is 12.7. The number of hydrogen-bond donors (Lipinski definition) is 1. The Morgan fingerprint density at radius 3 is 2.50 bits per heavy atom. The molecule has 0 saturated carbocycles. The van der Waals surface area contributed by atoms with Gasteiger partial charge in [0, 0.05) is 26.2 Å². The van der Waals surface area contributed by atoms with Crippen molar-refractivity contribution < 1.29 is 13.2 Å². The molecule has 2 atom stereocenters. The topological polar surface area (TPSA) is 83.7 Å². The number of rotatable bonds is 8. The van der Waals surface area contributed by atoms with Gasteiger partial charge in [-0.05, 0) is 31.6 Å². The highest BCUT2D eigenvalue weighted by molar-refractivity contribution is 7.89. The van der Waals surface area contributed by atoms with Gasteiger partial charge in [-0.15, -0.1) is 12.4 Å². The lowest BCUT2D eigenvalue weighted by Crippen LogP contribution is -2.53. The molecule has 1 aliphatic heterocycles. The van der Waals surface area contributed by atoms with Gasteiger partial charge in [-0.2, -0.15) is 4.31 Å². The van der Waals surface area contributed by atoms with Crippen LogP contribution in [0.3, 0.4) is 0 Å². The van der Waals surface area contributed by atoms with Crippen molar-refractivity contribution in [3.63, 3.8) is 0 Å². The van der Waals surface area contributed by atoms with E-state index in [1.54, 1.807) is 11.9 Å². The number of sulfonamides is 1. The second-order valence-electron chi connectivity index (χ2n) is 6.89. The lowest BCUT2D eigenvalue weighted by atomic mass is 10.0. The lowest BCUT2D eigenvalue weighted by molar-refractivity contribution is -0.135. The molecule has 1 rings (SSSR count). The number of amides is 1. The molecule has 0 aromatic heterocycles. The van der Waals surface area contributed by atoms with Crippen LogP contribution in [0.25, 0.3) is 0 Å². The molecule has 1 saturated heterocycles. The van der Waals surface area contributed by atoms with Crippen molar-refractivity contribution in [1.29, 1.82) is 0 Å². The Kier molecular flexibility index (Phi) is 10.4. The number of carbonyl (C=O) groups is 1. The molecule has 2 unspecified atom stereocenters. The highest BCUT2D eigenvalue weighted by Gasteiger charge is 2.37. The van der Waals surface area contributed by atoms with Crippen molar-refractivity contribution in [3.05, 3.63) is 0 Å². The molecule has 0 aromatic rings. The average Bonchev–Trinajstić information content (AvgIpc) is 2.51. The largest absolute Gasteiger partial charge is 0.344 e. The summed E-state index contributed by atoms with van der Waals surface area (Å²) in [6.07, 6.45) is 3.64. The number of nitrogens with two attached hydrogens (primary N) is 1. The number of carbonyl (C=O) groups excluding carboxylic acids is 1. The predicted octanol–water partition coefficient (Wildman–Crippen LogP) is 1.83. The van der Waals surface area contributed by atoms with E-state index >= 15 is 0 Å². The van der Waals surface area contributed by atoms with E-state index in [0.29, 0.717) is 31.8 Å². The molecule has 0 bridgehead atoms. The van der Waals surface area contributed by atoms with Crippen molar-refractivity contribution in [2.45, 2.75) is 65.0 Å². The summed E-state index contributed by atoms with van der Waals surface area (Å²) in [7, 11) is -1.60. The van der Waals surface area contributed by atoms with Crippen LogP contribution in [-0.4, -0.2) is 61.5 Å². The van der Waals surface area contributed by atoms with Crippen molar-refractivity contribution in [3.8, 4) is 0 Å². The zero-order chi connectivity index (χ0) is 17.6. The van der Waals surface area contributed by atoms with Crippen LogP contribution in [0.15, 0.2) is 0 Å². The van der Waals surface area contributed by atoms with Crippen LogP contribution in [-0.2, 0) is 14.8 Å². The zero-order valence-corrected chi connectivity index (χ0v) is 17.0. The first-order valence-corrected chi connectivity index (χ1v) is 10.3. The summed E-state index contributed by atoms with van der Waals surface area (Å²) in [6.45, 7) is 6.99. The third-order valence-corrected chi connectivity index (χ3v) is 6.66. The van der Waals surface area contributed by atoms with Crippen LogP contribution in [0.1, 0.15) is 52.9 Å². The molecule has 0 aromatic carbocycles. The van der Waals surface area contributed by atoms with Gasteiger partial charge in [0.1, 0.15) is 6.04 Å². The molecular formula is C16H34ClN3O3S. The Bertz CT molecular complexity index is 485. The Hall–Kier alpha value is -0.370. The first-order valence-electron chi connectivity index (χ1n) is 8.70. The molecule has 24 heavy (non-hydrogen) atoms. The molecule has 1 aliphatic rings. The first-order chi connectivity index (χ1) is 10.7. The Balaban J connectivity index is 0.00000529. The fourth-order valence-electron chi connectivity index (χ4n) is 2.90. The minimum Gasteiger partial charge on any atom is -0.344 e. The van der Waals surface area contributed by atoms with Gasteiger partial charge >= 0.3 is 0 Å². The maximum Gasteiger partial charge on any atom is 0.240 e. The number of hydrogen-bond acceptors (Lipinski definition) is 4. The SMILES string of the molecule is CCCS(=O)(=O)N1CCCCC1C(=O)N(C)CCC(N)C(C)C.Cl. The van der Waals surface area contributed by atoms with Gasteiger partial charge in [-0.1, -0.05) is 27.2 Å². The van der Waals surface area contributed by atoms with Crippen LogP contribution in [0, 0.1) is 5.92 Å². The van der Waals surface area contributed by atoms with Crippen LogP contribution < -0.4 is 5.73 Å². The molecule has 1 fully saturated rings. The molecule has 1 amide bonds. The summed E-state index contributed by atoms with van der Waals surface area (Å²) >= 11 is 0. The van der Waals surface area contributed by atoms with E-state index in [4.69, 9.17) is 5.73 Å². The van der Waals surface area contributed by atoms with E-state index in [2.05, 4.69) is 13.8 Å². The Morgan fingerprint density at radius 1 is 1.33 bits per heavy atom. The maximum absolute atomic E-state index is 12.7. The van der Waals surface area contributed by atoms with Gasteiger partial charge in [0.2, 0.25) is 15.9 Å². The monoisotopic (exact) mass is 383 g/mol. The number of piperidine rings is 1. The number of halogens is 1. The fourth-order valence-corrected chi connectivity index (χ4v) is 4.64. The lowest BCUT2D eigenvalue weighted by Gasteiger charge is -2.36. The highest BCUT2D eigenvalue weighted by atomic mass is 35.5. The third-order valence-electron chi connectivity index (χ3n) is 4.59. The van der Waals surface area contributed by atoms with Gasteiger partial charge in [-0.3, -0.25) is 4.79 Å². The average molecular weight is 384 g/mol. The second-order valence-corrected chi connectivity index (χ2v) is 8.94. The van der Waals surface area contributed by atoms with Crippen LogP contribution in [0.2, 0.25) is 0 Å². The second kappa shape index (κ2) is 10.6. The van der Waals surface area contributed by atoms with Gasteiger partial charge in [0.25, 0.3) is 0 Å². The molecule has 0 radical (unpaired) electrons. The van der Waals surface area contributed by atoms with Gasteiger partial charge in [0.05, 0.1) is 5.75 Å². The minimum absolute atomic E-state index is 0. The smallest absolute Gasteiger partial charge is 0.240 e. The molecule has 1 heterocycles. The van der Waals surface area contributed by atoms with Gasteiger partial charge in [-0.25, -0.2) is 8.42 Å². The molecular weight excluding hydrogens is 350 g/mol. The summed E-state index contributed by atoms with van der Waals surface area (Å²) in [4.78, 5) is 14.4. The summed E-state index contributed by atoms with van der Waals surface area (Å²) in [5, 5.41) is 0. The zero-order valence-electron chi connectivity index (χ0n) is 15.4. The fraction of sp³-hybridized carbons (Fsp3) is 0.938. The summed E-state index contributed by atoms with van der Waals surface area (Å²) < 4.78 is 26.3. The molecule has 2 N–H and O–H groups in total. The first kappa shape index (κ1) is 23.6. The quantitative estimate of drug-likeness (QED) is 0.693. The minimum atomic E-state index is -3.34. The van der Waals surface area contributed by atoms with E-state index in [0.717, 1.165) is 19.3 Å². The van der Waals surface area contributed by atoms with E-state index < -0.39 is 16.1 Å². The van der Waals surface area contributed by atoms with E-state index in [1.165, 1.54) is 4.31 Å². The third kappa shape index (κ3) is 6.50. The van der Waals surface area contributed by atoms with Crippen molar-refractivity contribution in [1.82, 2.24) is 9.21 Å². The molecule has 144 valence electrons. The van der Waals surface area contributed by atoms with Crippen molar-refractivity contribution >= 4 is 28.3 Å². The Morgan fingerprint density at radius 2 is 1.96 bits per heavy atom. The number of likely N-dealkylation sites (N-methyl/N-ethyl adjacent to an activating group) is 1. The summed E-state index contributed by atoms with van der Waals surface area (Å²) in [6, 6.07) is -0.489. The van der Waals surface area contributed by atoms with Crippen LogP contribution >= 0.6 is 12.4 Å². The number of nitrogens with zero attached hydrogens (tertiary/aromatic N) is 2. The van der Waals surface area contributed by atoms with E-state index in [-0.39, 0.29) is 30.1 Å². The molecule has 0 aliphatic carbocycles. The van der Waals surface area contributed by atoms with Crippen LogP contribution in [0.5, 0.6) is 0 Å². The van der Waals surface area contributed by atoms with Crippen molar-refractivity contribution in [2.24, 2.45) is 11.7 Å². The van der Waals surface area contributed by atoms with E-state index in [9.17, 15) is 13.2 Å². The van der Waals surface area contributed by atoms with E-state index in [1.807, 2.05) is 6.92 Å². The summed E-state index contributed by atoms with van der Waals surface area (Å²) in [5.41, 5.74) is 6.04. The van der Waals surface area contributed by atoms with Gasteiger partial charge in [0.15, 0.2) is 0 Å². The highest BCUT2D eigenvalue weighted by Crippen LogP contribution is 2.23. The Labute approximate surface area is 153 Å². The van der Waals surface area contributed by atoms with Crippen molar-refractivity contribution in [2.75, 3.05) is 25.9 Å². The molecule has 8 heteroatoms. The molecule has 0 spiro atoms. The standard InChI is InChI=1S/C16H33N3O3S.ClH/c1-5-12-23(21,22)19-10-7-6-8-15(19)16(20)18(4)11-9-14(17)13(2)3;/h13-15H,5-12,17H2,1-4H3;1H. The predicted molar refractivity (Wildman–Crippen MR) is 101 cm³/mol. The molecule has 6 nitrogen and oxygen atoms in total. The van der Waals surface area contributed by atoms with Crippen LogP contribution in [0.4, 0.5) is 0 Å². The van der Waals surface area contributed by atoms with Gasteiger partial charge < -0.3 is 10.6 Å². The normalized spacial score (nSPS) is 20.5. The summed E-state index contributed by atoms with van der Waals surface area (Å²) in [5.74, 6) is 0.383.